The first-order valence-corrected chi connectivity index (χ1v) is 5.18. The van der Waals surface area contributed by atoms with E-state index in [1.807, 2.05) is 28.8 Å². The third-order valence-electron chi connectivity index (χ3n) is 2.32. The first kappa shape index (κ1) is 9.98. The van der Waals surface area contributed by atoms with Gasteiger partial charge in [-0.25, -0.2) is 4.98 Å². The van der Waals surface area contributed by atoms with Gasteiger partial charge in [0.05, 0.1) is 0 Å². The number of pyridine rings is 1. The number of anilines is 1. The lowest BCUT2D eigenvalue weighted by molar-refractivity contribution is 0.286. The van der Waals surface area contributed by atoms with E-state index in [2.05, 4.69) is 10.3 Å². The zero-order valence-corrected chi connectivity index (χ0v) is 8.56. The smallest absolute Gasteiger partial charge is 0.138 e. The molecule has 2 aromatic heterocycles. The van der Waals surface area contributed by atoms with E-state index in [-0.39, 0.29) is 6.61 Å². The molecule has 2 N–H and O–H groups in total. The van der Waals surface area contributed by atoms with Crippen LogP contribution in [0, 0.1) is 0 Å². The summed E-state index contributed by atoms with van der Waals surface area (Å²) >= 11 is 0. The standard InChI is InChI=1S/C11H15N3O/c15-9-2-1-6-12-10-4-3-5-11-13-7-8-14(10)11/h3-5,7-8,12,15H,1-2,6,9H2. The van der Waals surface area contributed by atoms with E-state index in [4.69, 9.17) is 5.11 Å². The molecule has 0 bridgehead atoms. The largest absolute Gasteiger partial charge is 0.396 e. The normalized spacial score (nSPS) is 10.7. The number of aromatic nitrogens is 2. The number of rotatable bonds is 5. The third kappa shape index (κ3) is 2.27. The lowest BCUT2D eigenvalue weighted by Gasteiger charge is -2.07. The molecule has 4 nitrogen and oxygen atoms in total. The highest BCUT2D eigenvalue weighted by Gasteiger charge is 1.98. The van der Waals surface area contributed by atoms with Crippen LogP contribution in [0.4, 0.5) is 5.82 Å². The van der Waals surface area contributed by atoms with Crippen molar-refractivity contribution >= 4 is 11.5 Å². The summed E-state index contributed by atoms with van der Waals surface area (Å²) in [7, 11) is 0. The van der Waals surface area contributed by atoms with E-state index in [0.29, 0.717) is 0 Å². The van der Waals surface area contributed by atoms with Crippen molar-refractivity contribution in [1.82, 2.24) is 9.38 Å². The number of nitrogens with one attached hydrogen (secondary N) is 1. The van der Waals surface area contributed by atoms with E-state index in [1.165, 1.54) is 0 Å². The molecule has 0 aliphatic heterocycles. The van der Waals surface area contributed by atoms with Crippen LogP contribution in [0.5, 0.6) is 0 Å². The van der Waals surface area contributed by atoms with Crippen LogP contribution in [0.25, 0.3) is 5.65 Å². The molecule has 0 saturated heterocycles. The molecule has 0 fully saturated rings. The molecule has 80 valence electrons. The predicted molar refractivity (Wildman–Crippen MR) is 60.0 cm³/mol. The summed E-state index contributed by atoms with van der Waals surface area (Å²) in [5.41, 5.74) is 0.946. The van der Waals surface area contributed by atoms with Crippen LogP contribution in [-0.2, 0) is 0 Å². The minimum atomic E-state index is 0.261. The zero-order valence-electron chi connectivity index (χ0n) is 8.56. The van der Waals surface area contributed by atoms with Crippen molar-refractivity contribution in [2.75, 3.05) is 18.5 Å². The maximum absolute atomic E-state index is 8.66. The van der Waals surface area contributed by atoms with E-state index in [0.717, 1.165) is 30.9 Å². The van der Waals surface area contributed by atoms with E-state index in [9.17, 15) is 0 Å². The minimum absolute atomic E-state index is 0.261. The zero-order chi connectivity index (χ0) is 10.5. The monoisotopic (exact) mass is 205 g/mol. The molecule has 0 spiro atoms. The van der Waals surface area contributed by atoms with Crippen molar-refractivity contribution in [3.05, 3.63) is 30.6 Å². The number of hydrogen-bond donors (Lipinski definition) is 2. The van der Waals surface area contributed by atoms with Crippen molar-refractivity contribution in [3.8, 4) is 0 Å². The quantitative estimate of drug-likeness (QED) is 0.727. The van der Waals surface area contributed by atoms with Gasteiger partial charge in [-0.05, 0) is 25.0 Å². The molecule has 0 saturated carbocycles. The fraction of sp³-hybridized carbons (Fsp3) is 0.364. The lowest BCUT2D eigenvalue weighted by Crippen LogP contribution is -2.05. The van der Waals surface area contributed by atoms with Crippen molar-refractivity contribution in [1.29, 1.82) is 0 Å². The number of nitrogens with zero attached hydrogens (tertiary/aromatic N) is 2. The number of aliphatic hydroxyl groups is 1. The van der Waals surface area contributed by atoms with Gasteiger partial charge in [0.15, 0.2) is 0 Å². The molecule has 0 unspecified atom stereocenters. The summed E-state index contributed by atoms with van der Waals surface area (Å²) in [5, 5.41) is 12.0. The summed E-state index contributed by atoms with van der Waals surface area (Å²) in [6.07, 6.45) is 5.53. The van der Waals surface area contributed by atoms with Gasteiger partial charge in [0, 0.05) is 25.5 Å². The summed E-state index contributed by atoms with van der Waals surface area (Å²) in [6.45, 7) is 1.13. The molecule has 2 rings (SSSR count). The summed E-state index contributed by atoms with van der Waals surface area (Å²) in [6, 6.07) is 5.98. The van der Waals surface area contributed by atoms with Gasteiger partial charge < -0.3 is 10.4 Å². The highest BCUT2D eigenvalue weighted by Crippen LogP contribution is 2.10. The van der Waals surface area contributed by atoms with Gasteiger partial charge in [-0.3, -0.25) is 4.40 Å². The molecule has 4 heteroatoms. The van der Waals surface area contributed by atoms with Gasteiger partial charge in [0.25, 0.3) is 0 Å². The molecular formula is C11H15N3O. The molecule has 0 aromatic carbocycles. The molecule has 0 aliphatic rings. The Hall–Kier alpha value is -1.55. The van der Waals surface area contributed by atoms with Crippen LogP contribution in [0.1, 0.15) is 12.8 Å². The second-order valence-electron chi connectivity index (χ2n) is 3.42. The van der Waals surface area contributed by atoms with Crippen LogP contribution >= 0.6 is 0 Å². The molecule has 15 heavy (non-hydrogen) atoms. The molecule has 0 radical (unpaired) electrons. The fourth-order valence-corrected chi connectivity index (χ4v) is 1.54. The van der Waals surface area contributed by atoms with Crippen LogP contribution in [0.15, 0.2) is 30.6 Å². The Morgan fingerprint density at radius 1 is 1.33 bits per heavy atom. The minimum Gasteiger partial charge on any atom is -0.396 e. The van der Waals surface area contributed by atoms with E-state index in [1.54, 1.807) is 6.20 Å². The first-order chi connectivity index (χ1) is 7.42. The van der Waals surface area contributed by atoms with Crippen molar-refractivity contribution < 1.29 is 5.11 Å². The van der Waals surface area contributed by atoms with Crippen LogP contribution in [-0.4, -0.2) is 27.6 Å². The van der Waals surface area contributed by atoms with Gasteiger partial charge in [-0.15, -0.1) is 0 Å². The second kappa shape index (κ2) is 4.79. The van der Waals surface area contributed by atoms with Gasteiger partial charge in [0.2, 0.25) is 0 Å². The average molecular weight is 205 g/mol. The predicted octanol–water partition coefficient (Wildman–Crippen LogP) is 1.52. The molecular weight excluding hydrogens is 190 g/mol. The van der Waals surface area contributed by atoms with Gasteiger partial charge in [-0.2, -0.15) is 0 Å². The van der Waals surface area contributed by atoms with Gasteiger partial charge in [0.1, 0.15) is 11.5 Å². The number of hydrogen-bond acceptors (Lipinski definition) is 3. The summed E-state index contributed by atoms with van der Waals surface area (Å²) in [4.78, 5) is 4.21. The second-order valence-corrected chi connectivity index (χ2v) is 3.42. The van der Waals surface area contributed by atoms with Crippen molar-refractivity contribution in [3.63, 3.8) is 0 Å². The Morgan fingerprint density at radius 3 is 3.13 bits per heavy atom. The Bertz CT molecular complexity index is 424. The maximum Gasteiger partial charge on any atom is 0.138 e. The number of unbranched alkanes of at least 4 members (excludes halogenated alkanes) is 1. The summed E-state index contributed by atoms with van der Waals surface area (Å²) < 4.78 is 2.01. The molecule has 2 heterocycles. The van der Waals surface area contributed by atoms with E-state index >= 15 is 0 Å². The Labute approximate surface area is 88.6 Å². The SMILES string of the molecule is OCCCCNc1cccc2nccn12. The Morgan fingerprint density at radius 2 is 2.27 bits per heavy atom. The topological polar surface area (TPSA) is 49.6 Å². The van der Waals surface area contributed by atoms with Crippen LogP contribution < -0.4 is 5.32 Å². The Balaban J connectivity index is 2.04. The summed E-state index contributed by atoms with van der Waals surface area (Å²) in [5.74, 6) is 1.04. The number of fused-ring (bicyclic) bond motifs is 1. The maximum atomic E-state index is 8.66. The first-order valence-electron chi connectivity index (χ1n) is 5.18. The Kier molecular flexibility index (Phi) is 3.19. The third-order valence-corrected chi connectivity index (χ3v) is 2.32. The van der Waals surface area contributed by atoms with Crippen LogP contribution in [0.3, 0.4) is 0 Å². The van der Waals surface area contributed by atoms with Gasteiger partial charge >= 0.3 is 0 Å². The lowest BCUT2D eigenvalue weighted by atomic mass is 10.3. The highest BCUT2D eigenvalue weighted by molar-refractivity contribution is 5.49. The fourth-order valence-electron chi connectivity index (χ4n) is 1.54. The number of imidazole rings is 1. The average Bonchev–Trinajstić information content (AvgIpc) is 2.73. The van der Waals surface area contributed by atoms with E-state index < -0.39 is 0 Å². The number of aliphatic hydroxyl groups excluding tert-OH is 1. The van der Waals surface area contributed by atoms with Crippen LogP contribution in [0.2, 0.25) is 0 Å². The molecule has 2 aromatic rings. The highest BCUT2D eigenvalue weighted by atomic mass is 16.2. The van der Waals surface area contributed by atoms with Crippen molar-refractivity contribution in [2.24, 2.45) is 0 Å². The van der Waals surface area contributed by atoms with Gasteiger partial charge in [-0.1, -0.05) is 6.07 Å². The molecule has 0 atom stereocenters. The molecule has 0 aliphatic carbocycles. The van der Waals surface area contributed by atoms with Crippen molar-refractivity contribution in [2.45, 2.75) is 12.8 Å². The molecule has 0 amide bonds.